The van der Waals surface area contributed by atoms with E-state index in [2.05, 4.69) is 40.7 Å². The van der Waals surface area contributed by atoms with Gasteiger partial charge >= 0.3 is 0 Å². The monoisotopic (exact) mass is 269 g/mol. The molecule has 1 fully saturated rings. The number of aromatic nitrogens is 2. The minimum atomic E-state index is 0.385. The first-order valence-electron chi connectivity index (χ1n) is 7.58. The first-order valence-corrected chi connectivity index (χ1v) is 7.58. The summed E-state index contributed by atoms with van der Waals surface area (Å²) in [5, 5.41) is 0. The highest BCUT2D eigenvalue weighted by molar-refractivity contribution is 5.60. The average Bonchev–Trinajstić information content (AvgIpc) is 3.11. The normalized spacial score (nSPS) is 17.5. The van der Waals surface area contributed by atoms with Crippen LogP contribution in [0.25, 0.3) is 11.3 Å². The molecule has 106 valence electrons. The highest BCUT2D eigenvalue weighted by Crippen LogP contribution is 2.36. The minimum Gasteiger partial charge on any atom is -0.328 e. The Hall–Kier alpha value is -1.61. The third kappa shape index (κ3) is 2.50. The van der Waals surface area contributed by atoms with E-state index < -0.39 is 0 Å². The first kappa shape index (κ1) is 13.4. The van der Waals surface area contributed by atoms with Crippen LogP contribution in [0.15, 0.2) is 36.8 Å². The van der Waals surface area contributed by atoms with Crippen molar-refractivity contribution in [2.75, 3.05) is 6.54 Å². The molecule has 1 unspecified atom stereocenters. The Kier molecular flexibility index (Phi) is 3.88. The summed E-state index contributed by atoms with van der Waals surface area (Å²) >= 11 is 0. The van der Waals surface area contributed by atoms with Crippen molar-refractivity contribution in [2.45, 2.75) is 38.6 Å². The molecule has 1 atom stereocenters. The molecule has 0 amide bonds. The van der Waals surface area contributed by atoms with E-state index in [1.54, 1.807) is 0 Å². The van der Waals surface area contributed by atoms with Crippen molar-refractivity contribution in [1.29, 1.82) is 0 Å². The van der Waals surface area contributed by atoms with Gasteiger partial charge in [0.15, 0.2) is 0 Å². The van der Waals surface area contributed by atoms with Crippen LogP contribution in [0.1, 0.15) is 37.3 Å². The second-order valence-corrected chi connectivity index (χ2v) is 5.90. The van der Waals surface area contributed by atoms with E-state index in [1.807, 2.05) is 12.5 Å². The molecule has 1 aliphatic carbocycles. The van der Waals surface area contributed by atoms with Gasteiger partial charge in [0.25, 0.3) is 0 Å². The van der Waals surface area contributed by atoms with Gasteiger partial charge in [-0.05, 0) is 31.7 Å². The predicted octanol–water partition coefficient (Wildman–Crippen LogP) is 3.55. The summed E-state index contributed by atoms with van der Waals surface area (Å²) in [5.74, 6) is 0.706. The summed E-state index contributed by atoms with van der Waals surface area (Å²) in [6.07, 6.45) is 9.20. The lowest BCUT2D eigenvalue weighted by Crippen LogP contribution is -2.25. The van der Waals surface area contributed by atoms with Gasteiger partial charge in [0, 0.05) is 12.1 Å². The standard InChI is InChI=1S/C17H23N3/c1-13-5-4-8-15(9-13)17-11-19-12-20(17)16(10-18)14-6-2-3-7-14/h4-5,8-9,11-12,14,16H,2-3,6-7,10,18H2,1H3. The van der Waals surface area contributed by atoms with E-state index >= 15 is 0 Å². The largest absolute Gasteiger partial charge is 0.328 e. The van der Waals surface area contributed by atoms with Crippen LogP contribution in [0.5, 0.6) is 0 Å². The predicted molar refractivity (Wildman–Crippen MR) is 82.4 cm³/mol. The zero-order valence-electron chi connectivity index (χ0n) is 12.1. The first-order chi connectivity index (χ1) is 9.79. The molecular weight excluding hydrogens is 246 g/mol. The maximum Gasteiger partial charge on any atom is 0.0954 e. The summed E-state index contributed by atoms with van der Waals surface area (Å²) in [7, 11) is 0. The van der Waals surface area contributed by atoms with Crippen molar-refractivity contribution < 1.29 is 0 Å². The zero-order valence-corrected chi connectivity index (χ0v) is 12.1. The number of benzene rings is 1. The van der Waals surface area contributed by atoms with Gasteiger partial charge in [-0.3, -0.25) is 0 Å². The molecule has 3 nitrogen and oxygen atoms in total. The van der Waals surface area contributed by atoms with Crippen molar-refractivity contribution in [3.63, 3.8) is 0 Å². The Morgan fingerprint density at radius 1 is 1.35 bits per heavy atom. The molecule has 1 aromatic carbocycles. The molecule has 0 radical (unpaired) electrons. The van der Waals surface area contributed by atoms with Gasteiger partial charge in [0.2, 0.25) is 0 Å². The molecule has 1 aromatic heterocycles. The number of hydrogen-bond donors (Lipinski definition) is 1. The van der Waals surface area contributed by atoms with Crippen LogP contribution < -0.4 is 5.73 Å². The van der Waals surface area contributed by atoms with Gasteiger partial charge in [0.05, 0.1) is 24.3 Å². The molecule has 3 rings (SSSR count). The SMILES string of the molecule is Cc1cccc(-c2cncn2C(CN)C2CCCC2)c1. The van der Waals surface area contributed by atoms with E-state index in [4.69, 9.17) is 5.73 Å². The van der Waals surface area contributed by atoms with Gasteiger partial charge in [-0.2, -0.15) is 0 Å². The van der Waals surface area contributed by atoms with Crippen LogP contribution in [0.2, 0.25) is 0 Å². The molecule has 2 N–H and O–H groups in total. The molecule has 2 aromatic rings. The molecule has 1 saturated carbocycles. The number of hydrogen-bond acceptors (Lipinski definition) is 2. The fraction of sp³-hybridized carbons (Fsp3) is 0.471. The number of imidazole rings is 1. The number of nitrogens with zero attached hydrogens (tertiary/aromatic N) is 2. The van der Waals surface area contributed by atoms with Crippen LogP contribution in [-0.4, -0.2) is 16.1 Å². The average molecular weight is 269 g/mol. The van der Waals surface area contributed by atoms with Crippen molar-refractivity contribution in [1.82, 2.24) is 9.55 Å². The van der Waals surface area contributed by atoms with E-state index in [1.165, 1.54) is 42.5 Å². The molecule has 1 aliphatic rings. The lowest BCUT2D eigenvalue weighted by molar-refractivity contribution is 0.344. The van der Waals surface area contributed by atoms with Crippen molar-refractivity contribution in [3.8, 4) is 11.3 Å². The molecule has 20 heavy (non-hydrogen) atoms. The second kappa shape index (κ2) is 5.80. The van der Waals surface area contributed by atoms with Crippen molar-refractivity contribution in [2.24, 2.45) is 11.7 Å². The smallest absolute Gasteiger partial charge is 0.0954 e. The van der Waals surface area contributed by atoms with E-state index in [9.17, 15) is 0 Å². The molecule has 0 spiro atoms. The topological polar surface area (TPSA) is 43.8 Å². The van der Waals surface area contributed by atoms with E-state index in [0.717, 1.165) is 0 Å². The number of rotatable bonds is 4. The summed E-state index contributed by atoms with van der Waals surface area (Å²) in [6, 6.07) is 8.99. The molecule has 0 aliphatic heterocycles. The van der Waals surface area contributed by atoms with Crippen LogP contribution in [-0.2, 0) is 0 Å². The van der Waals surface area contributed by atoms with Gasteiger partial charge in [-0.15, -0.1) is 0 Å². The maximum absolute atomic E-state index is 6.07. The van der Waals surface area contributed by atoms with Gasteiger partial charge < -0.3 is 10.3 Å². The fourth-order valence-corrected chi connectivity index (χ4v) is 3.47. The third-order valence-corrected chi connectivity index (χ3v) is 4.52. The van der Waals surface area contributed by atoms with Gasteiger partial charge in [0.1, 0.15) is 0 Å². The summed E-state index contributed by atoms with van der Waals surface area (Å²) in [6.45, 7) is 2.82. The zero-order chi connectivity index (χ0) is 13.9. The Morgan fingerprint density at radius 3 is 2.85 bits per heavy atom. The van der Waals surface area contributed by atoms with E-state index in [0.29, 0.717) is 18.5 Å². The summed E-state index contributed by atoms with van der Waals surface area (Å²) < 4.78 is 2.30. The fourth-order valence-electron chi connectivity index (χ4n) is 3.47. The Balaban J connectivity index is 1.96. The van der Waals surface area contributed by atoms with Crippen LogP contribution in [0.3, 0.4) is 0 Å². The minimum absolute atomic E-state index is 0.385. The van der Waals surface area contributed by atoms with Gasteiger partial charge in [-0.25, -0.2) is 4.98 Å². The number of nitrogens with two attached hydrogens (primary N) is 1. The van der Waals surface area contributed by atoms with E-state index in [-0.39, 0.29) is 0 Å². The Bertz CT molecular complexity index is 567. The quantitative estimate of drug-likeness (QED) is 0.922. The summed E-state index contributed by atoms with van der Waals surface area (Å²) in [5.41, 5.74) is 9.78. The highest BCUT2D eigenvalue weighted by atomic mass is 15.1. The van der Waals surface area contributed by atoms with Crippen LogP contribution in [0, 0.1) is 12.8 Å². The lowest BCUT2D eigenvalue weighted by Gasteiger charge is -2.25. The van der Waals surface area contributed by atoms with Crippen molar-refractivity contribution in [3.05, 3.63) is 42.4 Å². The molecule has 1 heterocycles. The van der Waals surface area contributed by atoms with Gasteiger partial charge in [-0.1, -0.05) is 36.6 Å². The number of aryl methyl sites for hydroxylation is 1. The lowest BCUT2D eigenvalue weighted by atomic mass is 9.97. The summed E-state index contributed by atoms with van der Waals surface area (Å²) in [4.78, 5) is 4.38. The molecule has 0 bridgehead atoms. The van der Waals surface area contributed by atoms with Crippen molar-refractivity contribution >= 4 is 0 Å². The molecular formula is C17H23N3. The Morgan fingerprint density at radius 2 is 2.15 bits per heavy atom. The second-order valence-electron chi connectivity index (χ2n) is 5.90. The van der Waals surface area contributed by atoms with Crippen LogP contribution in [0.4, 0.5) is 0 Å². The maximum atomic E-state index is 6.07. The molecule has 0 saturated heterocycles. The van der Waals surface area contributed by atoms with Crippen LogP contribution >= 0.6 is 0 Å². The molecule has 3 heteroatoms. The highest BCUT2D eigenvalue weighted by Gasteiger charge is 2.26. The third-order valence-electron chi connectivity index (χ3n) is 4.52. The Labute approximate surface area is 120 Å².